The summed E-state index contributed by atoms with van der Waals surface area (Å²) in [5.41, 5.74) is 1.68. The van der Waals surface area contributed by atoms with Crippen LogP contribution in [0.3, 0.4) is 0 Å². The highest BCUT2D eigenvalue weighted by Crippen LogP contribution is 2.24. The molecular weight excluding hydrogens is 237 g/mol. The molecule has 1 aromatic carbocycles. The number of esters is 1. The van der Waals surface area contributed by atoms with Crippen molar-refractivity contribution in [3.05, 3.63) is 35.3 Å². The number of halogens is 1. The third kappa shape index (κ3) is 2.22. The fourth-order valence-corrected chi connectivity index (χ4v) is 1.61. The molecule has 1 N–H and O–H groups in total. The lowest BCUT2D eigenvalue weighted by atomic mass is 10.0. The van der Waals surface area contributed by atoms with Crippen LogP contribution in [0.5, 0.6) is 0 Å². The summed E-state index contributed by atoms with van der Waals surface area (Å²) in [5, 5.41) is 10.00. The summed E-state index contributed by atoms with van der Waals surface area (Å²) in [4.78, 5) is 11.7. The van der Waals surface area contributed by atoms with Crippen molar-refractivity contribution in [2.24, 2.45) is 0 Å². The summed E-state index contributed by atoms with van der Waals surface area (Å²) in [7, 11) is 0. The predicted octanol–water partition coefficient (Wildman–Crippen LogP) is 2.10. The Bertz CT molecular complexity index is 580. The molecule has 0 unspecified atom stereocenters. The van der Waals surface area contributed by atoms with Gasteiger partial charge in [-0.15, -0.1) is 5.10 Å². The van der Waals surface area contributed by atoms with Gasteiger partial charge in [0.05, 0.1) is 6.61 Å². The number of hydrogen-bond donors (Lipinski definition) is 1. The molecule has 0 radical (unpaired) electrons. The van der Waals surface area contributed by atoms with E-state index >= 15 is 0 Å². The zero-order chi connectivity index (χ0) is 13.1. The lowest BCUT2D eigenvalue weighted by Crippen LogP contribution is -2.07. The highest BCUT2D eigenvalue weighted by molar-refractivity contribution is 5.94. The average Bonchev–Trinajstić information content (AvgIpc) is 2.81. The number of rotatable bonds is 3. The first-order chi connectivity index (χ1) is 8.63. The third-order valence-electron chi connectivity index (χ3n) is 2.47. The number of aromatic nitrogens is 3. The molecular formula is C12H12FN3O2. The zero-order valence-corrected chi connectivity index (χ0v) is 10.0. The molecule has 0 aliphatic carbocycles. The number of aromatic amines is 1. The van der Waals surface area contributed by atoms with Crippen molar-refractivity contribution in [2.75, 3.05) is 6.61 Å². The van der Waals surface area contributed by atoms with Crippen LogP contribution in [-0.2, 0) is 4.74 Å². The summed E-state index contributed by atoms with van der Waals surface area (Å²) < 4.78 is 18.1. The largest absolute Gasteiger partial charge is 0.461 e. The number of carbonyl (C=O) groups excluding carboxylic acids is 1. The molecule has 18 heavy (non-hydrogen) atoms. The van der Waals surface area contributed by atoms with Crippen LogP contribution in [-0.4, -0.2) is 28.0 Å². The van der Waals surface area contributed by atoms with Crippen LogP contribution in [0.15, 0.2) is 18.2 Å². The van der Waals surface area contributed by atoms with Gasteiger partial charge in [-0.3, -0.25) is 0 Å². The van der Waals surface area contributed by atoms with E-state index in [1.54, 1.807) is 19.9 Å². The normalized spacial score (nSPS) is 10.4. The van der Waals surface area contributed by atoms with Gasteiger partial charge in [0, 0.05) is 5.56 Å². The lowest BCUT2D eigenvalue weighted by Gasteiger charge is -2.04. The molecule has 2 rings (SSSR count). The van der Waals surface area contributed by atoms with Crippen LogP contribution in [0.1, 0.15) is 23.0 Å². The lowest BCUT2D eigenvalue weighted by molar-refractivity contribution is 0.0520. The first-order valence-corrected chi connectivity index (χ1v) is 5.48. The molecule has 0 saturated carbocycles. The fraction of sp³-hybridized carbons (Fsp3) is 0.250. The number of nitrogens with zero attached hydrogens (tertiary/aromatic N) is 2. The van der Waals surface area contributed by atoms with E-state index in [9.17, 15) is 9.18 Å². The van der Waals surface area contributed by atoms with Crippen LogP contribution in [0.4, 0.5) is 4.39 Å². The third-order valence-corrected chi connectivity index (χ3v) is 2.47. The minimum absolute atomic E-state index is 0.0607. The first kappa shape index (κ1) is 12.2. The van der Waals surface area contributed by atoms with Crippen LogP contribution in [0.25, 0.3) is 11.3 Å². The van der Waals surface area contributed by atoms with Gasteiger partial charge in [-0.2, -0.15) is 10.3 Å². The van der Waals surface area contributed by atoms with Gasteiger partial charge < -0.3 is 4.74 Å². The van der Waals surface area contributed by atoms with Gasteiger partial charge in [-0.1, -0.05) is 6.07 Å². The number of carbonyl (C=O) groups is 1. The summed E-state index contributed by atoms with van der Waals surface area (Å²) >= 11 is 0. The van der Waals surface area contributed by atoms with Crippen molar-refractivity contribution in [3.63, 3.8) is 0 Å². The average molecular weight is 249 g/mol. The van der Waals surface area contributed by atoms with E-state index in [1.807, 2.05) is 0 Å². The quantitative estimate of drug-likeness (QED) is 0.846. The molecule has 94 valence electrons. The molecule has 0 fully saturated rings. The second-order valence-corrected chi connectivity index (χ2v) is 3.70. The number of aryl methyl sites for hydroxylation is 1. The fourth-order valence-electron chi connectivity index (χ4n) is 1.61. The molecule has 0 aliphatic rings. The Morgan fingerprint density at radius 2 is 2.22 bits per heavy atom. The topological polar surface area (TPSA) is 67.9 Å². The van der Waals surface area contributed by atoms with Crippen molar-refractivity contribution < 1.29 is 13.9 Å². The number of nitrogens with one attached hydrogen (secondary N) is 1. The van der Waals surface area contributed by atoms with Crippen molar-refractivity contribution in [1.82, 2.24) is 15.4 Å². The Morgan fingerprint density at radius 1 is 1.44 bits per heavy atom. The Balaban J connectivity index is 2.48. The van der Waals surface area contributed by atoms with E-state index in [4.69, 9.17) is 4.74 Å². The highest BCUT2D eigenvalue weighted by atomic mass is 19.1. The van der Waals surface area contributed by atoms with Crippen molar-refractivity contribution in [3.8, 4) is 11.3 Å². The van der Waals surface area contributed by atoms with Crippen LogP contribution < -0.4 is 0 Å². The van der Waals surface area contributed by atoms with E-state index in [2.05, 4.69) is 15.4 Å². The van der Waals surface area contributed by atoms with Crippen LogP contribution >= 0.6 is 0 Å². The molecule has 1 heterocycles. The highest BCUT2D eigenvalue weighted by Gasteiger charge is 2.20. The Morgan fingerprint density at radius 3 is 2.94 bits per heavy atom. The molecule has 6 heteroatoms. The van der Waals surface area contributed by atoms with Gasteiger partial charge >= 0.3 is 5.97 Å². The standard InChI is InChI=1S/C12H12FN3O2/c1-3-18-12(17)11-10(14-16-15-11)9-6-8(13)5-4-7(9)2/h4-6H,3H2,1-2H3,(H,14,15,16). The van der Waals surface area contributed by atoms with Crippen molar-refractivity contribution in [2.45, 2.75) is 13.8 Å². The molecule has 0 amide bonds. The predicted molar refractivity (Wildman–Crippen MR) is 62.5 cm³/mol. The van der Waals surface area contributed by atoms with Gasteiger partial charge in [0.2, 0.25) is 0 Å². The minimum atomic E-state index is -0.579. The second-order valence-electron chi connectivity index (χ2n) is 3.70. The van der Waals surface area contributed by atoms with Crippen molar-refractivity contribution >= 4 is 5.97 Å². The van der Waals surface area contributed by atoms with Crippen molar-refractivity contribution in [1.29, 1.82) is 0 Å². The van der Waals surface area contributed by atoms with E-state index < -0.39 is 11.8 Å². The molecule has 0 aliphatic heterocycles. The van der Waals surface area contributed by atoms with Crippen LogP contribution in [0, 0.1) is 12.7 Å². The van der Waals surface area contributed by atoms with Gasteiger partial charge in [0.15, 0.2) is 5.69 Å². The first-order valence-electron chi connectivity index (χ1n) is 5.48. The second kappa shape index (κ2) is 4.95. The number of H-pyrrole nitrogens is 1. The summed E-state index contributed by atoms with van der Waals surface area (Å²) in [5.74, 6) is -0.974. The molecule has 0 bridgehead atoms. The number of hydrogen-bond acceptors (Lipinski definition) is 4. The van der Waals surface area contributed by atoms with E-state index in [-0.39, 0.29) is 12.3 Å². The Labute approximate surface area is 103 Å². The number of benzene rings is 1. The molecule has 1 aromatic heterocycles. The van der Waals surface area contributed by atoms with Gasteiger partial charge in [-0.25, -0.2) is 9.18 Å². The van der Waals surface area contributed by atoms with Gasteiger partial charge in [-0.05, 0) is 31.5 Å². The Hall–Kier alpha value is -2.24. The van der Waals surface area contributed by atoms with Crippen LogP contribution in [0.2, 0.25) is 0 Å². The molecule has 0 atom stereocenters. The van der Waals surface area contributed by atoms with E-state index in [1.165, 1.54) is 12.1 Å². The maximum absolute atomic E-state index is 13.2. The van der Waals surface area contributed by atoms with E-state index in [0.29, 0.717) is 11.3 Å². The minimum Gasteiger partial charge on any atom is -0.461 e. The molecule has 0 saturated heterocycles. The van der Waals surface area contributed by atoms with Gasteiger partial charge in [0.1, 0.15) is 11.5 Å². The maximum atomic E-state index is 13.2. The molecule has 5 nitrogen and oxygen atoms in total. The summed E-state index contributed by atoms with van der Waals surface area (Å²) in [6.07, 6.45) is 0. The summed E-state index contributed by atoms with van der Waals surface area (Å²) in [6.45, 7) is 3.75. The Kier molecular flexibility index (Phi) is 3.36. The maximum Gasteiger partial charge on any atom is 0.361 e. The SMILES string of the molecule is CCOC(=O)c1n[nH]nc1-c1cc(F)ccc1C. The summed E-state index contributed by atoms with van der Waals surface area (Å²) in [6, 6.07) is 4.28. The van der Waals surface area contributed by atoms with Gasteiger partial charge in [0.25, 0.3) is 0 Å². The smallest absolute Gasteiger partial charge is 0.361 e. The monoisotopic (exact) mass is 249 g/mol. The zero-order valence-electron chi connectivity index (χ0n) is 10.0. The molecule has 0 spiro atoms. The number of ether oxygens (including phenoxy) is 1. The van der Waals surface area contributed by atoms with E-state index in [0.717, 1.165) is 5.56 Å². The molecule has 2 aromatic rings.